The number of fused-ring (bicyclic) bond motifs is 1. The Morgan fingerprint density at radius 1 is 1.19 bits per heavy atom. The summed E-state index contributed by atoms with van der Waals surface area (Å²) in [6, 6.07) is 8.68. The highest BCUT2D eigenvalue weighted by Crippen LogP contribution is 2.21. The van der Waals surface area contributed by atoms with Crippen LogP contribution in [0.2, 0.25) is 0 Å². The fourth-order valence-corrected chi connectivity index (χ4v) is 3.36. The summed E-state index contributed by atoms with van der Waals surface area (Å²) in [7, 11) is -3.31. The first-order valence-corrected chi connectivity index (χ1v) is 6.96. The van der Waals surface area contributed by atoms with Gasteiger partial charge in [0.25, 0.3) is 0 Å². The lowest BCUT2D eigenvalue weighted by atomic mass is 10.2. The number of rotatable bonds is 3. The monoisotopic (exact) mass is 255 g/mol. The van der Waals surface area contributed by atoms with E-state index in [9.17, 15) is 8.42 Å². The van der Waals surface area contributed by atoms with Gasteiger partial charge in [0.1, 0.15) is 0 Å². The molecular weight excluding hydrogens is 246 g/mol. The molecule has 0 spiro atoms. The smallest absolute Gasteiger partial charge is 0.180 e. The predicted molar refractivity (Wildman–Crippen MR) is 64.5 cm³/mol. The number of sulfone groups is 1. The van der Waals surface area contributed by atoms with Crippen molar-refractivity contribution < 1.29 is 8.42 Å². The Bertz CT molecular complexity index is 605. The van der Waals surface area contributed by atoms with E-state index in [0.717, 1.165) is 0 Å². The molecule has 1 heterocycles. The first-order chi connectivity index (χ1) is 7.65. The van der Waals surface area contributed by atoms with Crippen LogP contribution >= 0.6 is 11.6 Å². The molecule has 16 heavy (non-hydrogen) atoms. The molecule has 0 aliphatic carbocycles. The maximum absolute atomic E-state index is 11.9. The molecule has 1 aromatic heterocycles. The lowest BCUT2D eigenvalue weighted by molar-refractivity contribution is 0.598. The van der Waals surface area contributed by atoms with E-state index in [1.165, 1.54) is 12.3 Å². The number of para-hydroxylation sites is 1. The van der Waals surface area contributed by atoms with E-state index in [0.29, 0.717) is 15.8 Å². The minimum absolute atomic E-state index is 0.0530. The molecule has 3 nitrogen and oxygen atoms in total. The Balaban J connectivity index is 2.70. The van der Waals surface area contributed by atoms with Gasteiger partial charge in [0.05, 0.1) is 16.2 Å². The van der Waals surface area contributed by atoms with Crippen LogP contribution in [-0.4, -0.2) is 25.0 Å². The summed E-state index contributed by atoms with van der Waals surface area (Å²) in [6.07, 6.45) is 1.50. The summed E-state index contributed by atoms with van der Waals surface area (Å²) in [6.45, 7) is 0. The molecule has 0 fully saturated rings. The van der Waals surface area contributed by atoms with Crippen molar-refractivity contribution in [1.29, 1.82) is 0 Å². The third-order valence-corrected chi connectivity index (χ3v) is 4.47. The van der Waals surface area contributed by atoms with Crippen LogP contribution < -0.4 is 0 Å². The highest BCUT2D eigenvalue weighted by molar-refractivity contribution is 7.91. The topological polar surface area (TPSA) is 47.0 Å². The summed E-state index contributed by atoms with van der Waals surface area (Å²) in [4.78, 5) is 4.42. The number of benzene rings is 1. The van der Waals surface area contributed by atoms with Crippen molar-refractivity contribution in [2.24, 2.45) is 0 Å². The average molecular weight is 256 g/mol. The third kappa shape index (κ3) is 2.03. The number of alkyl halides is 1. The largest absolute Gasteiger partial charge is 0.256 e. The van der Waals surface area contributed by atoms with E-state index >= 15 is 0 Å². The second-order valence-electron chi connectivity index (χ2n) is 3.33. The zero-order valence-electron chi connectivity index (χ0n) is 8.43. The fraction of sp³-hybridized carbons (Fsp3) is 0.182. The zero-order valence-corrected chi connectivity index (χ0v) is 10.0. The maximum atomic E-state index is 11.9. The van der Waals surface area contributed by atoms with E-state index in [4.69, 9.17) is 11.6 Å². The van der Waals surface area contributed by atoms with Crippen molar-refractivity contribution in [3.05, 3.63) is 36.5 Å². The van der Waals surface area contributed by atoms with Gasteiger partial charge in [-0.2, -0.15) is 0 Å². The van der Waals surface area contributed by atoms with Crippen LogP contribution in [-0.2, 0) is 9.84 Å². The zero-order chi connectivity index (χ0) is 11.6. The van der Waals surface area contributed by atoms with Crippen LogP contribution in [0, 0.1) is 0 Å². The molecule has 5 heteroatoms. The molecule has 0 unspecified atom stereocenters. The van der Waals surface area contributed by atoms with Crippen molar-refractivity contribution in [1.82, 2.24) is 4.98 Å². The number of nitrogens with zero attached hydrogens (tertiary/aromatic N) is 1. The number of halogens is 1. The maximum Gasteiger partial charge on any atom is 0.180 e. The van der Waals surface area contributed by atoms with Crippen molar-refractivity contribution >= 4 is 32.3 Å². The average Bonchev–Trinajstić information content (AvgIpc) is 2.28. The Labute approximate surface area is 99.0 Å². The van der Waals surface area contributed by atoms with Crippen molar-refractivity contribution in [2.45, 2.75) is 4.90 Å². The van der Waals surface area contributed by atoms with Crippen LogP contribution in [0.4, 0.5) is 0 Å². The Morgan fingerprint density at radius 3 is 2.69 bits per heavy atom. The van der Waals surface area contributed by atoms with Crippen LogP contribution in [0.5, 0.6) is 0 Å². The molecule has 2 rings (SSSR count). The number of pyridine rings is 1. The predicted octanol–water partition coefficient (Wildman–Crippen LogP) is 2.25. The van der Waals surface area contributed by atoms with E-state index < -0.39 is 9.84 Å². The highest BCUT2D eigenvalue weighted by atomic mass is 35.5. The number of hydrogen-bond donors (Lipinski definition) is 0. The van der Waals surface area contributed by atoms with E-state index in [1.807, 2.05) is 6.07 Å². The fourth-order valence-electron chi connectivity index (χ4n) is 1.55. The molecular formula is C11H10ClNO2S. The van der Waals surface area contributed by atoms with Gasteiger partial charge >= 0.3 is 0 Å². The summed E-state index contributed by atoms with van der Waals surface area (Å²) in [5, 5.41) is 0.648. The van der Waals surface area contributed by atoms with Gasteiger partial charge in [-0.05, 0) is 12.1 Å². The van der Waals surface area contributed by atoms with Crippen LogP contribution in [0.3, 0.4) is 0 Å². The lowest BCUT2D eigenvalue weighted by Gasteiger charge is -2.05. The van der Waals surface area contributed by atoms with Gasteiger partial charge in [-0.3, -0.25) is 4.98 Å². The van der Waals surface area contributed by atoms with Crippen LogP contribution in [0.15, 0.2) is 41.4 Å². The van der Waals surface area contributed by atoms with E-state index in [1.54, 1.807) is 18.2 Å². The summed E-state index contributed by atoms with van der Waals surface area (Å²) in [5.41, 5.74) is 0.679. The van der Waals surface area contributed by atoms with Gasteiger partial charge in [-0.15, -0.1) is 11.6 Å². The first kappa shape index (κ1) is 11.4. The molecule has 0 saturated heterocycles. The van der Waals surface area contributed by atoms with Gasteiger partial charge < -0.3 is 0 Å². The Morgan fingerprint density at radius 2 is 1.94 bits per heavy atom. The van der Waals surface area contributed by atoms with Crippen molar-refractivity contribution in [3.8, 4) is 0 Å². The molecule has 0 aliphatic rings. The summed E-state index contributed by atoms with van der Waals surface area (Å²) in [5.74, 6) is 0.0432. The molecule has 0 atom stereocenters. The molecule has 1 aromatic carbocycles. The van der Waals surface area contributed by atoms with Gasteiger partial charge in [0.2, 0.25) is 0 Å². The first-order valence-electron chi connectivity index (χ1n) is 4.77. The minimum Gasteiger partial charge on any atom is -0.256 e. The second kappa shape index (κ2) is 4.39. The third-order valence-electron chi connectivity index (χ3n) is 2.29. The highest BCUT2D eigenvalue weighted by Gasteiger charge is 2.16. The molecule has 0 N–H and O–H groups in total. The minimum atomic E-state index is -3.31. The van der Waals surface area contributed by atoms with Gasteiger partial charge in [-0.25, -0.2) is 8.42 Å². The standard InChI is InChI=1S/C11H10ClNO2S/c12-6-8-16(14,15)11-5-7-13-10-4-2-1-3-9(10)11/h1-5,7H,6,8H2. The normalized spacial score (nSPS) is 11.8. The Hall–Kier alpha value is -1.13. The van der Waals surface area contributed by atoms with Gasteiger partial charge in [0, 0.05) is 17.5 Å². The Kier molecular flexibility index (Phi) is 3.12. The quantitative estimate of drug-likeness (QED) is 0.791. The lowest BCUT2D eigenvalue weighted by Crippen LogP contribution is -2.08. The number of hydrogen-bond acceptors (Lipinski definition) is 3. The molecule has 0 bridgehead atoms. The van der Waals surface area contributed by atoms with Gasteiger partial charge in [0.15, 0.2) is 9.84 Å². The number of aromatic nitrogens is 1. The van der Waals surface area contributed by atoms with Crippen LogP contribution in [0.25, 0.3) is 10.9 Å². The molecule has 84 valence electrons. The molecule has 2 aromatic rings. The van der Waals surface area contributed by atoms with Crippen LogP contribution in [0.1, 0.15) is 0 Å². The van der Waals surface area contributed by atoms with Gasteiger partial charge in [-0.1, -0.05) is 18.2 Å². The van der Waals surface area contributed by atoms with Crippen molar-refractivity contribution in [2.75, 3.05) is 11.6 Å². The van der Waals surface area contributed by atoms with Crippen molar-refractivity contribution in [3.63, 3.8) is 0 Å². The van der Waals surface area contributed by atoms with E-state index in [-0.39, 0.29) is 11.6 Å². The summed E-state index contributed by atoms with van der Waals surface area (Å²) < 4.78 is 23.9. The SMILES string of the molecule is O=S(=O)(CCCl)c1ccnc2ccccc12. The molecule has 0 aliphatic heterocycles. The molecule has 0 saturated carbocycles. The second-order valence-corrected chi connectivity index (χ2v) is 5.79. The molecule has 0 radical (unpaired) electrons. The molecule has 0 amide bonds. The summed E-state index contributed by atoms with van der Waals surface area (Å²) >= 11 is 5.49. The van der Waals surface area contributed by atoms with E-state index in [2.05, 4.69) is 4.98 Å².